The van der Waals surface area contributed by atoms with E-state index >= 15 is 0 Å². The highest BCUT2D eigenvalue weighted by molar-refractivity contribution is 5.30. The quantitative estimate of drug-likeness (QED) is 0.708. The summed E-state index contributed by atoms with van der Waals surface area (Å²) in [7, 11) is 0. The van der Waals surface area contributed by atoms with Gasteiger partial charge in [-0.1, -0.05) is 0 Å². The first-order valence-corrected chi connectivity index (χ1v) is 5.19. The minimum Gasteiger partial charge on any atom is -0.269 e. The molecule has 15 heavy (non-hydrogen) atoms. The Hall–Kier alpha value is -1.00. The molecule has 1 aliphatic rings. The summed E-state index contributed by atoms with van der Waals surface area (Å²) in [6.07, 6.45) is -1.25. The summed E-state index contributed by atoms with van der Waals surface area (Å²) in [5.74, 6) is 0. The standard InChI is InChI=1S/C10H13F3N2/c1-2-15-8-6-4-3-5-7(8)9(14-15)10(11,12)13/h2-6H2,1H3. The van der Waals surface area contributed by atoms with Gasteiger partial charge in [-0.2, -0.15) is 18.3 Å². The highest BCUT2D eigenvalue weighted by Crippen LogP contribution is 2.35. The molecule has 1 heterocycles. The molecule has 0 saturated carbocycles. The van der Waals surface area contributed by atoms with Crippen molar-refractivity contribution in [1.82, 2.24) is 9.78 Å². The van der Waals surface area contributed by atoms with Crippen molar-refractivity contribution in [2.24, 2.45) is 0 Å². The molecule has 0 saturated heterocycles. The van der Waals surface area contributed by atoms with Gasteiger partial charge >= 0.3 is 6.18 Å². The third-order valence-electron chi connectivity index (χ3n) is 2.82. The summed E-state index contributed by atoms with van der Waals surface area (Å²) in [6.45, 7) is 2.33. The van der Waals surface area contributed by atoms with E-state index in [1.54, 1.807) is 0 Å². The molecule has 0 amide bonds. The number of aromatic nitrogens is 2. The molecular formula is C10H13F3N2. The van der Waals surface area contributed by atoms with Crippen LogP contribution in [0.5, 0.6) is 0 Å². The average molecular weight is 218 g/mol. The predicted octanol–water partition coefficient (Wildman–Crippen LogP) is 2.80. The molecule has 0 aromatic carbocycles. The van der Waals surface area contributed by atoms with Gasteiger partial charge in [0.05, 0.1) is 0 Å². The molecule has 0 fully saturated rings. The second-order valence-corrected chi connectivity index (χ2v) is 3.79. The third kappa shape index (κ3) is 1.75. The van der Waals surface area contributed by atoms with Gasteiger partial charge in [-0.05, 0) is 32.6 Å². The van der Waals surface area contributed by atoms with Gasteiger partial charge in [0.15, 0.2) is 5.69 Å². The highest BCUT2D eigenvalue weighted by Gasteiger charge is 2.39. The van der Waals surface area contributed by atoms with Gasteiger partial charge in [-0.25, -0.2) is 0 Å². The monoisotopic (exact) mass is 218 g/mol. The fourth-order valence-electron chi connectivity index (χ4n) is 2.16. The van der Waals surface area contributed by atoms with E-state index in [0.29, 0.717) is 18.5 Å². The molecule has 0 N–H and O–H groups in total. The topological polar surface area (TPSA) is 17.8 Å². The number of nitrogens with zero attached hydrogens (tertiary/aromatic N) is 2. The molecule has 1 aromatic heterocycles. The van der Waals surface area contributed by atoms with Gasteiger partial charge in [0, 0.05) is 17.8 Å². The molecule has 0 radical (unpaired) electrons. The van der Waals surface area contributed by atoms with Crippen LogP contribution >= 0.6 is 0 Å². The van der Waals surface area contributed by atoms with Crippen molar-refractivity contribution in [2.45, 2.75) is 45.3 Å². The Bertz CT molecular complexity index is 365. The zero-order chi connectivity index (χ0) is 11.1. The summed E-state index contributed by atoms with van der Waals surface area (Å²) < 4.78 is 39.4. The second kappa shape index (κ2) is 3.54. The van der Waals surface area contributed by atoms with Crippen molar-refractivity contribution in [2.75, 3.05) is 0 Å². The molecule has 0 bridgehead atoms. The molecular weight excluding hydrogens is 205 g/mol. The van der Waals surface area contributed by atoms with Crippen molar-refractivity contribution >= 4 is 0 Å². The number of halogens is 3. The van der Waals surface area contributed by atoms with Gasteiger partial charge in [0.1, 0.15) is 0 Å². The molecule has 0 atom stereocenters. The van der Waals surface area contributed by atoms with Crippen molar-refractivity contribution in [3.63, 3.8) is 0 Å². The van der Waals surface area contributed by atoms with Crippen molar-refractivity contribution in [1.29, 1.82) is 0 Å². The lowest BCUT2D eigenvalue weighted by atomic mass is 9.95. The minimum atomic E-state index is -4.30. The Morgan fingerprint density at radius 1 is 1.27 bits per heavy atom. The summed E-state index contributed by atoms with van der Waals surface area (Å²) in [5.41, 5.74) is 0.547. The molecule has 1 aromatic rings. The first-order valence-electron chi connectivity index (χ1n) is 5.19. The van der Waals surface area contributed by atoms with E-state index in [-0.39, 0.29) is 0 Å². The van der Waals surface area contributed by atoms with Gasteiger partial charge in [-0.3, -0.25) is 4.68 Å². The maximum Gasteiger partial charge on any atom is 0.435 e. The van der Waals surface area contributed by atoms with E-state index < -0.39 is 11.9 Å². The Morgan fingerprint density at radius 2 is 1.93 bits per heavy atom. The molecule has 84 valence electrons. The first kappa shape index (κ1) is 10.5. The maximum atomic E-state index is 12.6. The van der Waals surface area contributed by atoms with Gasteiger partial charge in [-0.15, -0.1) is 0 Å². The summed E-state index contributed by atoms with van der Waals surface area (Å²) in [5, 5.41) is 3.67. The lowest BCUT2D eigenvalue weighted by Gasteiger charge is -2.13. The summed E-state index contributed by atoms with van der Waals surface area (Å²) in [4.78, 5) is 0. The molecule has 0 aliphatic heterocycles. The van der Waals surface area contributed by atoms with Crippen LogP contribution in [0.4, 0.5) is 13.2 Å². The molecule has 5 heteroatoms. The van der Waals surface area contributed by atoms with Gasteiger partial charge in [0.2, 0.25) is 0 Å². The van der Waals surface area contributed by atoms with E-state index in [1.807, 2.05) is 6.92 Å². The lowest BCUT2D eigenvalue weighted by molar-refractivity contribution is -0.142. The second-order valence-electron chi connectivity index (χ2n) is 3.79. The van der Waals surface area contributed by atoms with E-state index in [1.165, 1.54) is 4.68 Å². The van der Waals surface area contributed by atoms with Gasteiger partial charge in [0.25, 0.3) is 0 Å². The van der Waals surface area contributed by atoms with Crippen LogP contribution in [0.25, 0.3) is 0 Å². The Kier molecular flexibility index (Phi) is 2.48. The Balaban J connectivity index is 2.52. The Labute approximate surface area is 86.1 Å². The largest absolute Gasteiger partial charge is 0.435 e. The summed E-state index contributed by atoms with van der Waals surface area (Å²) in [6, 6.07) is 0. The number of rotatable bonds is 1. The van der Waals surface area contributed by atoms with Crippen LogP contribution in [0.3, 0.4) is 0 Å². The number of fused-ring (bicyclic) bond motifs is 1. The van der Waals surface area contributed by atoms with Crippen LogP contribution < -0.4 is 0 Å². The lowest BCUT2D eigenvalue weighted by Crippen LogP contribution is -2.11. The van der Waals surface area contributed by atoms with Crippen LogP contribution in [0.15, 0.2) is 0 Å². The number of aryl methyl sites for hydroxylation is 1. The third-order valence-corrected chi connectivity index (χ3v) is 2.82. The Morgan fingerprint density at radius 3 is 2.53 bits per heavy atom. The van der Waals surface area contributed by atoms with Crippen LogP contribution in [0.1, 0.15) is 36.7 Å². The highest BCUT2D eigenvalue weighted by atomic mass is 19.4. The van der Waals surface area contributed by atoms with Gasteiger partial charge < -0.3 is 0 Å². The maximum absolute atomic E-state index is 12.6. The molecule has 0 unspecified atom stereocenters. The van der Waals surface area contributed by atoms with Crippen molar-refractivity contribution in [3.8, 4) is 0 Å². The van der Waals surface area contributed by atoms with Crippen molar-refractivity contribution in [3.05, 3.63) is 17.0 Å². The number of hydrogen-bond acceptors (Lipinski definition) is 1. The average Bonchev–Trinajstić information content (AvgIpc) is 2.55. The van der Waals surface area contributed by atoms with Crippen molar-refractivity contribution < 1.29 is 13.2 Å². The SMILES string of the molecule is CCn1nc(C(F)(F)F)c2c1CCCC2. The molecule has 1 aliphatic carbocycles. The zero-order valence-corrected chi connectivity index (χ0v) is 8.56. The fraction of sp³-hybridized carbons (Fsp3) is 0.700. The molecule has 0 spiro atoms. The number of hydrogen-bond donors (Lipinski definition) is 0. The van der Waals surface area contributed by atoms with Crippen LogP contribution in [0.2, 0.25) is 0 Å². The first-order chi connectivity index (χ1) is 7.04. The summed E-state index contributed by atoms with van der Waals surface area (Å²) >= 11 is 0. The fourth-order valence-corrected chi connectivity index (χ4v) is 2.16. The van der Waals surface area contributed by atoms with E-state index in [9.17, 15) is 13.2 Å². The normalized spacial score (nSPS) is 16.5. The smallest absolute Gasteiger partial charge is 0.269 e. The molecule has 2 rings (SSSR count). The van der Waals surface area contributed by atoms with E-state index in [0.717, 1.165) is 25.0 Å². The van der Waals surface area contributed by atoms with Crippen LogP contribution in [0, 0.1) is 0 Å². The predicted molar refractivity (Wildman–Crippen MR) is 49.5 cm³/mol. The van der Waals surface area contributed by atoms with Crippen LogP contribution in [-0.4, -0.2) is 9.78 Å². The zero-order valence-electron chi connectivity index (χ0n) is 8.56. The van der Waals surface area contributed by atoms with E-state index in [4.69, 9.17) is 0 Å². The molecule has 2 nitrogen and oxygen atoms in total. The number of alkyl halides is 3. The van der Waals surface area contributed by atoms with E-state index in [2.05, 4.69) is 5.10 Å². The minimum absolute atomic E-state index is 0.426. The van der Waals surface area contributed by atoms with Crippen LogP contribution in [-0.2, 0) is 25.6 Å².